The number of hydrogen-bond donors (Lipinski definition) is 1. The highest BCUT2D eigenvalue weighted by atomic mass is 19.1. The summed E-state index contributed by atoms with van der Waals surface area (Å²) in [5.41, 5.74) is 7.49. The van der Waals surface area contributed by atoms with Crippen molar-refractivity contribution in [3.8, 4) is 5.75 Å². The fourth-order valence-corrected chi connectivity index (χ4v) is 2.77. The summed E-state index contributed by atoms with van der Waals surface area (Å²) in [6.45, 7) is 1.58. The predicted molar refractivity (Wildman–Crippen MR) is 72.7 cm³/mol. The molecule has 1 unspecified atom stereocenters. The summed E-state index contributed by atoms with van der Waals surface area (Å²) in [7, 11) is 1.54. The summed E-state index contributed by atoms with van der Waals surface area (Å²) in [6, 6.07) is 7.04. The zero-order valence-corrected chi connectivity index (χ0v) is 11.3. The van der Waals surface area contributed by atoms with Gasteiger partial charge in [0.15, 0.2) is 0 Å². The van der Waals surface area contributed by atoms with Crippen molar-refractivity contribution in [2.45, 2.75) is 19.1 Å². The van der Waals surface area contributed by atoms with E-state index < -0.39 is 0 Å². The van der Waals surface area contributed by atoms with Crippen LogP contribution in [0.25, 0.3) is 0 Å². The van der Waals surface area contributed by atoms with E-state index in [0.717, 1.165) is 11.3 Å². The molecule has 1 atom stereocenters. The monoisotopic (exact) mass is 276 g/mol. The molecule has 0 radical (unpaired) electrons. The number of ether oxygens (including phenoxy) is 1. The van der Waals surface area contributed by atoms with Crippen LogP contribution < -0.4 is 10.5 Å². The topological polar surface area (TPSA) is 51.6 Å². The van der Waals surface area contributed by atoms with Gasteiger partial charge in [-0.1, -0.05) is 0 Å². The van der Waals surface area contributed by atoms with Gasteiger partial charge < -0.3 is 14.9 Å². The Morgan fingerprint density at radius 1 is 1.50 bits per heavy atom. The molecule has 1 aliphatic heterocycles. The van der Waals surface area contributed by atoms with Gasteiger partial charge in [0.1, 0.15) is 17.3 Å². The Morgan fingerprint density at radius 2 is 2.35 bits per heavy atom. The van der Waals surface area contributed by atoms with Gasteiger partial charge in [0.25, 0.3) is 0 Å². The van der Waals surface area contributed by atoms with Gasteiger partial charge in [0.05, 0.1) is 19.9 Å². The molecule has 0 saturated carbocycles. The molecule has 2 N–H and O–H groups in total. The minimum atomic E-state index is -0.236. The van der Waals surface area contributed by atoms with Crippen molar-refractivity contribution in [3.05, 3.63) is 53.2 Å². The summed E-state index contributed by atoms with van der Waals surface area (Å²) in [6.07, 6.45) is 1.64. The van der Waals surface area contributed by atoms with Gasteiger partial charge >= 0.3 is 0 Å². The molecule has 0 amide bonds. The van der Waals surface area contributed by atoms with E-state index in [1.807, 2.05) is 18.2 Å². The van der Waals surface area contributed by atoms with Crippen molar-refractivity contribution in [2.75, 3.05) is 13.7 Å². The molecule has 1 aromatic carbocycles. The molecule has 0 fully saturated rings. The summed E-state index contributed by atoms with van der Waals surface area (Å²) in [5.74, 6) is 1.14. The molecule has 2 heterocycles. The third-order valence-electron chi connectivity index (χ3n) is 3.76. The number of hydrogen-bond acceptors (Lipinski definition) is 4. The molecule has 0 bridgehead atoms. The van der Waals surface area contributed by atoms with Crippen LogP contribution in [0.15, 0.2) is 34.9 Å². The lowest BCUT2D eigenvalue weighted by molar-refractivity contribution is 0.193. The number of fused-ring (bicyclic) bond motifs is 1. The molecule has 3 rings (SSSR count). The maximum atomic E-state index is 14.1. The van der Waals surface area contributed by atoms with Gasteiger partial charge in [-0.15, -0.1) is 0 Å². The van der Waals surface area contributed by atoms with Crippen LogP contribution in [-0.4, -0.2) is 18.6 Å². The molecule has 0 aliphatic carbocycles. The molecule has 0 saturated heterocycles. The molecular formula is C15H17FN2O2. The lowest BCUT2D eigenvalue weighted by Gasteiger charge is -2.22. The molecule has 20 heavy (non-hydrogen) atoms. The number of halogens is 1. The molecule has 1 aromatic heterocycles. The van der Waals surface area contributed by atoms with E-state index in [2.05, 4.69) is 4.90 Å². The van der Waals surface area contributed by atoms with Crippen molar-refractivity contribution in [3.63, 3.8) is 0 Å². The summed E-state index contributed by atoms with van der Waals surface area (Å²) < 4.78 is 24.6. The molecule has 0 spiro atoms. The van der Waals surface area contributed by atoms with Crippen LogP contribution in [0, 0.1) is 5.82 Å². The Labute approximate surface area is 116 Å². The van der Waals surface area contributed by atoms with Gasteiger partial charge in [-0.2, -0.15) is 0 Å². The fraction of sp³-hybridized carbons (Fsp3) is 0.333. The lowest BCUT2D eigenvalue weighted by atomic mass is 10.0. The van der Waals surface area contributed by atoms with Gasteiger partial charge in [0.2, 0.25) is 0 Å². The number of methoxy groups -OCH3 is 1. The van der Waals surface area contributed by atoms with Crippen molar-refractivity contribution >= 4 is 0 Å². The van der Waals surface area contributed by atoms with E-state index in [4.69, 9.17) is 14.9 Å². The quantitative estimate of drug-likeness (QED) is 0.932. The molecule has 1 aliphatic rings. The Kier molecular flexibility index (Phi) is 3.46. The highest BCUT2D eigenvalue weighted by molar-refractivity contribution is 5.42. The van der Waals surface area contributed by atoms with E-state index in [0.29, 0.717) is 30.9 Å². The molecule has 5 heteroatoms. The van der Waals surface area contributed by atoms with Crippen molar-refractivity contribution < 1.29 is 13.5 Å². The number of furan rings is 1. The second kappa shape index (κ2) is 5.26. The van der Waals surface area contributed by atoms with E-state index in [-0.39, 0.29) is 11.9 Å². The van der Waals surface area contributed by atoms with Gasteiger partial charge in [-0.3, -0.25) is 4.90 Å². The maximum absolute atomic E-state index is 14.1. The number of benzene rings is 1. The Hall–Kier alpha value is -1.85. The first-order valence-corrected chi connectivity index (χ1v) is 6.55. The molecule has 106 valence electrons. The molecular weight excluding hydrogens is 259 g/mol. The maximum Gasteiger partial charge on any atom is 0.131 e. The van der Waals surface area contributed by atoms with Gasteiger partial charge in [-0.05, 0) is 23.8 Å². The lowest BCUT2D eigenvalue weighted by Crippen LogP contribution is -2.27. The Balaban J connectivity index is 1.92. The first-order valence-electron chi connectivity index (χ1n) is 6.55. The summed E-state index contributed by atoms with van der Waals surface area (Å²) >= 11 is 0. The second-order valence-electron chi connectivity index (χ2n) is 4.91. The van der Waals surface area contributed by atoms with Crippen LogP contribution in [-0.2, 0) is 13.1 Å². The third kappa shape index (κ3) is 2.19. The minimum Gasteiger partial charge on any atom is -0.497 e. The molecule has 2 aromatic rings. The predicted octanol–water partition coefficient (Wildman–Crippen LogP) is 2.44. The Morgan fingerprint density at radius 3 is 3.00 bits per heavy atom. The second-order valence-corrected chi connectivity index (χ2v) is 4.91. The number of nitrogens with two attached hydrogens (primary N) is 1. The van der Waals surface area contributed by atoms with Crippen LogP contribution in [0.1, 0.15) is 22.9 Å². The zero-order chi connectivity index (χ0) is 14.1. The number of rotatable bonds is 4. The smallest absolute Gasteiger partial charge is 0.131 e. The SMILES string of the molecule is COc1cc(F)c2c(c1)C(CN)N(Cc1ccco1)C2. The van der Waals surface area contributed by atoms with Crippen LogP contribution in [0.3, 0.4) is 0 Å². The van der Waals surface area contributed by atoms with Crippen LogP contribution >= 0.6 is 0 Å². The first-order chi connectivity index (χ1) is 9.72. The van der Waals surface area contributed by atoms with E-state index in [1.165, 1.54) is 13.2 Å². The highest BCUT2D eigenvalue weighted by Crippen LogP contribution is 2.38. The zero-order valence-electron chi connectivity index (χ0n) is 11.3. The standard InChI is InChI=1S/C15H17FN2O2/c1-19-11-5-12-13(14(16)6-11)9-18(15(12)7-17)8-10-3-2-4-20-10/h2-6,15H,7-9,17H2,1H3. The van der Waals surface area contributed by atoms with E-state index in [1.54, 1.807) is 6.26 Å². The first kappa shape index (κ1) is 13.1. The van der Waals surface area contributed by atoms with Crippen LogP contribution in [0.5, 0.6) is 5.75 Å². The van der Waals surface area contributed by atoms with Crippen LogP contribution in [0.4, 0.5) is 4.39 Å². The average Bonchev–Trinajstić information content (AvgIpc) is 3.06. The Bertz CT molecular complexity index is 598. The van der Waals surface area contributed by atoms with E-state index >= 15 is 0 Å². The van der Waals surface area contributed by atoms with E-state index in [9.17, 15) is 4.39 Å². The minimum absolute atomic E-state index is 0.0142. The van der Waals surface area contributed by atoms with Crippen molar-refractivity contribution in [1.82, 2.24) is 4.90 Å². The van der Waals surface area contributed by atoms with Gasteiger partial charge in [-0.25, -0.2) is 4.39 Å². The normalized spacial score (nSPS) is 18.2. The third-order valence-corrected chi connectivity index (χ3v) is 3.76. The molecule has 4 nitrogen and oxygen atoms in total. The van der Waals surface area contributed by atoms with Gasteiger partial charge in [0, 0.05) is 30.8 Å². The fourth-order valence-electron chi connectivity index (χ4n) is 2.77. The number of nitrogens with zero attached hydrogens (tertiary/aromatic N) is 1. The van der Waals surface area contributed by atoms with Crippen molar-refractivity contribution in [1.29, 1.82) is 0 Å². The van der Waals surface area contributed by atoms with Crippen LogP contribution in [0.2, 0.25) is 0 Å². The summed E-state index contributed by atoms with van der Waals surface area (Å²) in [5, 5.41) is 0. The average molecular weight is 276 g/mol. The van der Waals surface area contributed by atoms with Crippen molar-refractivity contribution in [2.24, 2.45) is 5.73 Å². The highest BCUT2D eigenvalue weighted by Gasteiger charge is 2.32. The summed E-state index contributed by atoms with van der Waals surface area (Å²) in [4.78, 5) is 2.12. The largest absolute Gasteiger partial charge is 0.497 e.